The van der Waals surface area contributed by atoms with Gasteiger partial charge in [0.1, 0.15) is 15.2 Å². The number of aliphatic carboxylic acids is 1. The molecule has 0 unspecified atom stereocenters. The molecule has 3 rings (SSSR count). The minimum absolute atomic E-state index is 0.384. The monoisotopic (exact) mass is 424 g/mol. The zero-order chi connectivity index (χ0) is 18.4. The van der Waals surface area contributed by atoms with Crippen molar-refractivity contribution in [3.63, 3.8) is 0 Å². The van der Waals surface area contributed by atoms with Crippen molar-refractivity contribution in [3.05, 3.63) is 33.5 Å². The zero-order valence-electron chi connectivity index (χ0n) is 14.4. The lowest BCUT2D eigenvalue weighted by molar-refractivity contribution is -0.154. The van der Waals surface area contributed by atoms with Gasteiger partial charge in [0.2, 0.25) is 0 Å². The van der Waals surface area contributed by atoms with Crippen LogP contribution in [-0.2, 0) is 10.4 Å². The third-order valence-electron chi connectivity index (χ3n) is 4.93. The molecule has 0 bridgehead atoms. The summed E-state index contributed by atoms with van der Waals surface area (Å²) in [6.07, 6.45) is 2.98. The molecular formula is C18H21BrN2O3S. The number of nitrogens with zero attached hydrogens (tertiary/aromatic N) is 2. The molecule has 1 saturated carbocycles. The van der Waals surface area contributed by atoms with Crippen molar-refractivity contribution in [2.45, 2.75) is 45.6 Å². The van der Waals surface area contributed by atoms with Crippen LogP contribution in [-0.4, -0.2) is 26.2 Å². The van der Waals surface area contributed by atoms with Crippen molar-refractivity contribution < 1.29 is 15.0 Å². The van der Waals surface area contributed by atoms with Crippen LogP contribution in [0.1, 0.15) is 43.7 Å². The predicted molar refractivity (Wildman–Crippen MR) is 100 cm³/mol. The van der Waals surface area contributed by atoms with Gasteiger partial charge in [-0.15, -0.1) is 11.3 Å². The Balaban J connectivity index is 1.90. The number of halogens is 1. The van der Waals surface area contributed by atoms with Gasteiger partial charge in [-0.05, 0) is 65.2 Å². The molecule has 2 aromatic heterocycles. The number of hydrogen-bond donors (Lipinski definition) is 2. The van der Waals surface area contributed by atoms with Crippen LogP contribution in [0.5, 0.6) is 0 Å². The molecule has 1 aliphatic carbocycles. The standard InChI is InChI=1S/C18H21BrN2O3S/c1-10-6-12(21-14(19)7-10)13-8-20-16(25-13)18(24)5-4-11(15(22)23)17(2,3)9-18/h6-8,11,24H,4-5,9H2,1-3H3,(H,22,23)/t11-,18-/m1/s1. The van der Waals surface area contributed by atoms with Crippen LogP contribution in [0.4, 0.5) is 0 Å². The molecule has 7 heteroatoms. The zero-order valence-corrected chi connectivity index (χ0v) is 16.8. The number of hydrogen-bond acceptors (Lipinski definition) is 5. The van der Waals surface area contributed by atoms with Crippen LogP contribution in [0.2, 0.25) is 0 Å². The molecule has 0 amide bonds. The minimum Gasteiger partial charge on any atom is -0.481 e. The van der Waals surface area contributed by atoms with Crippen LogP contribution in [0.25, 0.3) is 10.6 Å². The molecule has 0 saturated heterocycles. The highest BCUT2D eigenvalue weighted by Crippen LogP contribution is 2.50. The van der Waals surface area contributed by atoms with Gasteiger partial charge in [0.15, 0.2) is 0 Å². The maximum Gasteiger partial charge on any atom is 0.307 e. The van der Waals surface area contributed by atoms with Crippen molar-refractivity contribution in [1.82, 2.24) is 9.97 Å². The second kappa shape index (κ2) is 6.45. The highest BCUT2D eigenvalue weighted by Gasteiger charge is 2.49. The molecule has 2 aromatic rings. The maximum absolute atomic E-state index is 11.5. The Kier molecular flexibility index (Phi) is 4.77. The Labute approximate surface area is 159 Å². The van der Waals surface area contributed by atoms with Crippen molar-refractivity contribution in [1.29, 1.82) is 0 Å². The molecule has 5 nitrogen and oxygen atoms in total. The summed E-state index contributed by atoms with van der Waals surface area (Å²) in [6, 6.07) is 3.92. The Morgan fingerprint density at radius 1 is 1.40 bits per heavy atom. The van der Waals surface area contributed by atoms with Crippen LogP contribution < -0.4 is 0 Å². The van der Waals surface area contributed by atoms with E-state index >= 15 is 0 Å². The summed E-state index contributed by atoms with van der Waals surface area (Å²) in [5.74, 6) is -1.23. The topological polar surface area (TPSA) is 83.3 Å². The van der Waals surface area contributed by atoms with Gasteiger partial charge in [0.05, 0.1) is 16.5 Å². The Hall–Kier alpha value is -1.31. The molecule has 2 heterocycles. The summed E-state index contributed by atoms with van der Waals surface area (Å²) in [6.45, 7) is 5.81. The number of pyridine rings is 1. The molecule has 25 heavy (non-hydrogen) atoms. The highest BCUT2D eigenvalue weighted by atomic mass is 79.9. The number of thiazole rings is 1. The second-order valence-electron chi connectivity index (χ2n) is 7.51. The summed E-state index contributed by atoms with van der Waals surface area (Å²) >= 11 is 4.83. The molecule has 1 aliphatic rings. The molecule has 0 radical (unpaired) electrons. The first-order valence-corrected chi connectivity index (χ1v) is 9.78. The van der Waals surface area contributed by atoms with Gasteiger partial charge in [0.25, 0.3) is 0 Å². The molecule has 0 aliphatic heterocycles. The van der Waals surface area contributed by atoms with Crippen molar-refractivity contribution >= 4 is 33.2 Å². The quantitative estimate of drug-likeness (QED) is 0.714. The van der Waals surface area contributed by atoms with Crippen molar-refractivity contribution in [2.75, 3.05) is 0 Å². The van der Waals surface area contributed by atoms with E-state index in [9.17, 15) is 15.0 Å². The lowest BCUT2D eigenvalue weighted by Crippen LogP contribution is -2.44. The molecule has 1 fully saturated rings. The molecule has 2 atom stereocenters. The van der Waals surface area contributed by atoms with Gasteiger partial charge in [0, 0.05) is 6.20 Å². The average molecular weight is 425 g/mol. The predicted octanol–water partition coefficient (Wildman–Crippen LogP) is 4.37. The number of aryl methyl sites for hydroxylation is 1. The Morgan fingerprint density at radius 3 is 2.72 bits per heavy atom. The highest BCUT2D eigenvalue weighted by molar-refractivity contribution is 9.10. The lowest BCUT2D eigenvalue weighted by atomic mass is 9.63. The Bertz CT molecular complexity index is 800. The number of carboxylic acid groups (broad SMARTS) is 1. The second-order valence-corrected chi connectivity index (χ2v) is 9.35. The fourth-order valence-electron chi connectivity index (χ4n) is 3.74. The average Bonchev–Trinajstić information content (AvgIpc) is 2.95. The van der Waals surface area contributed by atoms with E-state index in [1.807, 2.05) is 32.9 Å². The molecule has 0 spiro atoms. The van der Waals surface area contributed by atoms with Crippen LogP contribution >= 0.6 is 27.3 Å². The maximum atomic E-state index is 11.5. The number of rotatable bonds is 3. The van der Waals surface area contributed by atoms with E-state index in [0.717, 1.165) is 20.7 Å². The summed E-state index contributed by atoms with van der Waals surface area (Å²) in [7, 11) is 0. The summed E-state index contributed by atoms with van der Waals surface area (Å²) in [4.78, 5) is 21.3. The smallest absolute Gasteiger partial charge is 0.307 e. The van der Waals surface area contributed by atoms with Gasteiger partial charge in [-0.25, -0.2) is 9.97 Å². The minimum atomic E-state index is -1.08. The SMILES string of the molecule is Cc1cc(Br)nc(-c2cnc([C@@]3(O)CC[C@H](C(=O)O)C(C)(C)C3)s2)c1. The normalized spacial score (nSPS) is 25.7. The van der Waals surface area contributed by atoms with Crippen LogP contribution in [0, 0.1) is 18.3 Å². The van der Waals surface area contributed by atoms with Gasteiger partial charge >= 0.3 is 5.97 Å². The number of aromatic nitrogens is 2. The first-order chi connectivity index (χ1) is 11.6. The number of carbonyl (C=O) groups is 1. The van der Waals surface area contributed by atoms with E-state index < -0.39 is 22.9 Å². The summed E-state index contributed by atoms with van der Waals surface area (Å²) in [5.41, 5.74) is 0.334. The first-order valence-electron chi connectivity index (χ1n) is 8.17. The molecule has 0 aromatic carbocycles. The fourth-order valence-corrected chi connectivity index (χ4v) is 5.28. The van der Waals surface area contributed by atoms with Gasteiger partial charge < -0.3 is 10.2 Å². The van der Waals surface area contributed by atoms with Crippen LogP contribution in [0.3, 0.4) is 0 Å². The Morgan fingerprint density at radius 2 is 2.12 bits per heavy atom. The van der Waals surface area contributed by atoms with E-state index in [2.05, 4.69) is 25.9 Å². The molecular weight excluding hydrogens is 404 g/mol. The van der Waals surface area contributed by atoms with Crippen LogP contribution in [0.15, 0.2) is 22.9 Å². The number of carboxylic acids is 1. The molecule has 134 valence electrons. The van der Waals surface area contributed by atoms with Gasteiger partial charge in [-0.3, -0.25) is 4.79 Å². The van der Waals surface area contributed by atoms with E-state index in [-0.39, 0.29) is 0 Å². The lowest BCUT2D eigenvalue weighted by Gasteiger charge is -2.44. The van der Waals surface area contributed by atoms with E-state index in [4.69, 9.17) is 0 Å². The number of aliphatic hydroxyl groups is 1. The third kappa shape index (κ3) is 3.64. The van der Waals surface area contributed by atoms with Crippen molar-refractivity contribution in [3.8, 4) is 10.6 Å². The molecule has 2 N–H and O–H groups in total. The largest absolute Gasteiger partial charge is 0.481 e. The van der Waals surface area contributed by atoms with E-state index in [1.165, 1.54) is 11.3 Å². The summed E-state index contributed by atoms with van der Waals surface area (Å²) < 4.78 is 0.763. The third-order valence-corrected chi connectivity index (χ3v) is 6.55. The van der Waals surface area contributed by atoms with Crippen molar-refractivity contribution in [2.24, 2.45) is 11.3 Å². The van der Waals surface area contributed by atoms with E-state index in [1.54, 1.807) is 6.20 Å². The van der Waals surface area contributed by atoms with Gasteiger partial charge in [-0.2, -0.15) is 0 Å². The first kappa shape index (κ1) is 18.5. The van der Waals surface area contributed by atoms with Gasteiger partial charge in [-0.1, -0.05) is 13.8 Å². The van der Waals surface area contributed by atoms with E-state index in [0.29, 0.717) is 24.3 Å². The summed E-state index contributed by atoms with van der Waals surface area (Å²) in [5, 5.41) is 21.2. The fraction of sp³-hybridized carbons (Fsp3) is 0.500.